The molecule has 18 heavy (non-hydrogen) atoms. The summed E-state index contributed by atoms with van der Waals surface area (Å²) in [6.45, 7) is 0. The van der Waals surface area contributed by atoms with Gasteiger partial charge in [-0.1, -0.05) is 11.6 Å². The van der Waals surface area contributed by atoms with Crippen LogP contribution >= 0.6 is 11.6 Å². The summed E-state index contributed by atoms with van der Waals surface area (Å²) in [5.74, 6) is -2.25. The summed E-state index contributed by atoms with van der Waals surface area (Å²) >= 11 is 5.71. The minimum atomic E-state index is -1.51. The zero-order valence-electron chi connectivity index (χ0n) is 8.75. The van der Waals surface area contributed by atoms with Crippen molar-refractivity contribution < 1.29 is 19.6 Å². The fourth-order valence-corrected chi connectivity index (χ4v) is 1.26. The first-order chi connectivity index (χ1) is 8.40. The lowest BCUT2D eigenvalue weighted by molar-refractivity contribution is -0.384. The van der Waals surface area contributed by atoms with Gasteiger partial charge in [-0.25, -0.2) is 0 Å². The van der Waals surface area contributed by atoms with E-state index in [0.29, 0.717) is 6.08 Å². The Hall–Kier alpha value is -2.41. The Balaban J connectivity index is 2.83. The second-order valence-electron chi connectivity index (χ2n) is 3.06. The van der Waals surface area contributed by atoms with Gasteiger partial charge in [0.05, 0.1) is 21.6 Å². The molecule has 0 aliphatic carbocycles. The SMILES string of the molecule is O=C([O-])/C=C/C(=O)Nc1ccc([N+](=O)[O-])cc1Cl. The Morgan fingerprint density at radius 2 is 2.00 bits per heavy atom. The number of carbonyl (C=O) groups is 2. The Morgan fingerprint density at radius 1 is 1.33 bits per heavy atom. The Labute approximate surface area is 106 Å². The Kier molecular flexibility index (Phi) is 4.39. The first-order valence-corrected chi connectivity index (χ1v) is 4.92. The molecule has 0 saturated heterocycles. The van der Waals surface area contributed by atoms with Gasteiger partial charge in [0.2, 0.25) is 5.91 Å². The fourth-order valence-electron chi connectivity index (χ4n) is 1.04. The topological polar surface area (TPSA) is 112 Å². The number of nitrogens with one attached hydrogen (secondary N) is 1. The van der Waals surface area contributed by atoms with Crippen molar-refractivity contribution in [2.45, 2.75) is 0 Å². The van der Waals surface area contributed by atoms with Gasteiger partial charge in [-0.05, 0) is 12.1 Å². The van der Waals surface area contributed by atoms with Crippen LogP contribution in [0.3, 0.4) is 0 Å². The van der Waals surface area contributed by atoms with E-state index in [2.05, 4.69) is 5.32 Å². The standard InChI is InChI=1S/C10H7ClN2O5/c11-7-5-6(13(17)18)1-2-8(7)12-9(14)3-4-10(15)16/h1-5H,(H,12,14)(H,15,16)/p-1/b4-3+. The van der Waals surface area contributed by atoms with Crippen molar-refractivity contribution in [2.75, 3.05) is 5.32 Å². The summed E-state index contributed by atoms with van der Waals surface area (Å²) in [5, 5.41) is 22.7. The van der Waals surface area contributed by atoms with Crippen LogP contribution in [0.25, 0.3) is 0 Å². The third kappa shape index (κ3) is 3.87. The smallest absolute Gasteiger partial charge is 0.271 e. The highest BCUT2D eigenvalue weighted by Gasteiger charge is 2.10. The fraction of sp³-hybridized carbons (Fsp3) is 0. The predicted octanol–water partition coefficient (Wildman–Crippen LogP) is 0.493. The normalized spacial score (nSPS) is 10.3. The number of carboxylic acid groups (broad SMARTS) is 1. The summed E-state index contributed by atoms with van der Waals surface area (Å²) in [4.78, 5) is 31.1. The maximum atomic E-state index is 11.2. The third-order valence-corrected chi connectivity index (χ3v) is 2.10. The van der Waals surface area contributed by atoms with Crippen LogP contribution in [-0.4, -0.2) is 16.8 Å². The lowest BCUT2D eigenvalue weighted by Gasteiger charge is -2.04. The van der Waals surface area contributed by atoms with Crippen LogP contribution in [-0.2, 0) is 9.59 Å². The van der Waals surface area contributed by atoms with Crippen molar-refractivity contribution in [2.24, 2.45) is 0 Å². The van der Waals surface area contributed by atoms with Crippen LogP contribution in [0.1, 0.15) is 0 Å². The molecule has 0 heterocycles. The number of nitro benzene ring substituents is 1. The number of benzene rings is 1. The molecule has 7 nitrogen and oxygen atoms in total. The first-order valence-electron chi connectivity index (χ1n) is 4.54. The number of nitro groups is 1. The molecular weight excluding hydrogens is 264 g/mol. The van der Waals surface area contributed by atoms with Crippen molar-refractivity contribution in [1.29, 1.82) is 0 Å². The van der Waals surface area contributed by atoms with Gasteiger partial charge in [-0.15, -0.1) is 0 Å². The number of hydrogen-bond donors (Lipinski definition) is 1. The van der Waals surface area contributed by atoms with Crippen LogP contribution in [0.2, 0.25) is 5.02 Å². The highest BCUT2D eigenvalue weighted by Crippen LogP contribution is 2.26. The molecule has 1 rings (SSSR count). The van der Waals surface area contributed by atoms with Gasteiger partial charge in [0, 0.05) is 18.2 Å². The molecule has 0 aromatic heterocycles. The molecule has 1 aromatic carbocycles. The van der Waals surface area contributed by atoms with E-state index in [1.54, 1.807) is 0 Å². The van der Waals surface area contributed by atoms with Gasteiger partial charge in [0.1, 0.15) is 0 Å². The summed E-state index contributed by atoms with van der Waals surface area (Å²) in [7, 11) is 0. The van der Waals surface area contributed by atoms with Gasteiger partial charge in [-0.2, -0.15) is 0 Å². The number of nitrogens with zero attached hydrogens (tertiary/aromatic N) is 1. The maximum Gasteiger partial charge on any atom is 0.271 e. The van der Waals surface area contributed by atoms with Gasteiger partial charge in [0.25, 0.3) is 5.69 Å². The van der Waals surface area contributed by atoms with E-state index < -0.39 is 16.8 Å². The highest BCUT2D eigenvalue weighted by atomic mass is 35.5. The minimum Gasteiger partial charge on any atom is -0.545 e. The van der Waals surface area contributed by atoms with Crippen LogP contribution in [0.15, 0.2) is 30.4 Å². The molecule has 0 bridgehead atoms. The summed E-state index contributed by atoms with van der Waals surface area (Å²) < 4.78 is 0. The lowest BCUT2D eigenvalue weighted by Crippen LogP contribution is -2.20. The van der Waals surface area contributed by atoms with Gasteiger partial charge in [0.15, 0.2) is 0 Å². The lowest BCUT2D eigenvalue weighted by atomic mass is 10.3. The number of hydrogen-bond acceptors (Lipinski definition) is 5. The van der Waals surface area contributed by atoms with Crippen molar-refractivity contribution in [3.63, 3.8) is 0 Å². The molecule has 0 aliphatic heterocycles. The zero-order valence-corrected chi connectivity index (χ0v) is 9.51. The Morgan fingerprint density at radius 3 is 2.50 bits per heavy atom. The number of anilines is 1. The quantitative estimate of drug-likeness (QED) is 0.486. The average Bonchev–Trinajstić information content (AvgIpc) is 2.29. The number of rotatable bonds is 4. The molecule has 0 aliphatic rings. The molecule has 1 N–H and O–H groups in total. The van der Waals surface area contributed by atoms with E-state index in [1.807, 2.05) is 0 Å². The zero-order chi connectivity index (χ0) is 13.7. The number of halogens is 1. The Bertz CT molecular complexity index is 541. The molecule has 0 unspecified atom stereocenters. The van der Waals surface area contributed by atoms with E-state index in [1.165, 1.54) is 6.07 Å². The van der Waals surface area contributed by atoms with Gasteiger partial charge < -0.3 is 15.2 Å². The van der Waals surface area contributed by atoms with Gasteiger partial charge in [-0.3, -0.25) is 14.9 Å². The first kappa shape index (κ1) is 13.7. The third-order valence-electron chi connectivity index (χ3n) is 1.79. The predicted molar refractivity (Wildman–Crippen MR) is 60.9 cm³/mol. The molecule has 94 valence electrons. The van der Waals surface area contributed by atoms with Crippen molar-refractivity contribution in [3.8, 4) is 0 Å². The molecule has 0 fully saturated rings. The number of non-ortho nitro benzene ring substituents is 1. The minimum absolute atomic E-state index is 0.0283. The molecule has 0 atom stereocenters. The van der Waals surface area contributed by atoms with Crippen molar-refractivity contribution >= 4 is 34.9 Å². The molecule has 8 heteroatoms. The summed E-state index contributed by atoms with van der Waals surface area (Å²) in [6.07, 6.45) is 1.29. The van der Waals surface area contributed by atoms with Crippen LogP contribution < -0.4 is 10.4 Å². The average molecular weight is 270 g/mol. The number of aliphatic carboxylic acids is 1. The van der Waals surface area contributed by atoms with E-state index in [9.17, 15) is 24.8 Å². The molecule has 1 aromatic rings. The molecule has 0 saturated carbocycles. The monoisotopic (exact) mass is 269 g/mol. The number of carboxylic acids is 1. The number of carbonyl (C=O) groups excluding carboxylic acids is 2. The maximum absolute atomic E-state index is 11.2. The van der Waals surface area contributed by atoms with Crippen LogP contribution in [0.5, 0.6) is 0 Å². The van der Waals surface area contributed by atoms with Crippen LogP contribution in [0.4, 0.5) is 11.4 Å². The second kappa shape index (κ2) is 5.78. The van der Waals surface area contributed by atoms with E-state index in [-0.39, 0.29) is 16.4 Å². The summed E-state index contributed by atoms with van der Waals surface area (Å²) in [5.41, 5.74) is -0.0847. The van der Waals surface area contributed by atoms with Crippen molar-refractivity contribution in [3.05, 3.63) is 45.5 Å². The molecule has 0 spiro atoms. The second-order valence-corrected chi connectivity index (χ2v) is 3.47. The molecule has 1 amide bonds. The largest absolute Gasteiger partial charge is 0.545 e. The van der Waals surface area contributed by atoms with E-state index in [4.69, 9.17) is 11.6 Å². The number of amides is 1. The van der Waals surface area contributed by atoms with E-state index >= 15 is 0 Å². The highest BCUT2D eigenvalue weighted by molar-refractivity contribution is 6.34. The van der Waals surface area contributed by atoms with Crippen molar-refractivity contribution in [1.82, 2.24) is 0 Å². The molecular formula is C10H6ClN2O5-. The molecule has 0 radical (unpaired) electrons. The van der Waals surface area contributed by atoms with E-state index in [0.717, 1.165) is 18.2 Å². The van der Waals surface area contributed by atoms with Crippen LogP contribution in [0, 0.1) is 10.1 Å². The summed E-state index contributed by atoms with van der Waals surface area (Å²) in [6, 6.07) is 3.47. The van der Waals surface area contributed by atoms with Gasteiger partial charge >= 0.3 is 0 Å².